The monoisotopic (exact) mass is 229 g/mol. The number of methoxy groups -OCH3 is 1. The maximum Gasteiger partial charge on any atom is 0.129 e. The minimum atomic E-state index is -1.24. The molecule has 3 nitrogen and oxygen atoms in total. The number of hydrogen-bond donors (Lipinski definition) is 0. The second kappa shape index (κ2) is 3.58. The number of halogens is 1. The van der Waals surface area contributed by atoms with Crippen LogP contribution in [0.15, 0.2) is 22.7 Å². The van der Waals surface area contributed by atoms with E-state index in [1.165, 1.54) is 13.2 Å². The van der Waals surface area contributed by atoms with Gasteiger partial charge in [-0.15, -0.1) is 0 Å². The predicted molar refractivity (Wildman–Crippen MR) is 45.0 cm³/mol. The maximum atomic E-state index is 10.5. The smallest absolute Gasteiger partial charge is 0.129 e. The molecule has 0 amide bonds. The number of carbonyl (C=O) groups excluding carboxylic acids is 1. The molecule has 4 heteroatoms. The molecule has 64 valence electrons. The van der Waals surface area contributed by atoms with Crippen LogP contribution in [0.3, 0.4) is 0 Å². The van der Waals surface area contributed by atoms with Crippen LogP contribution in [-0.2, 0) is 0 Å². The van der Waals surface area contributed by atoms with Crippen molar-refractivity contribution in [2.75, 3.05) is 7.11 Å². The van der Waals surface area contributed by atoms with Crippen LogP contribution >= 0.6 is 15.9 Å². The van der Waals surface area contributed by atoms with Crippen LogP contribution in [0, 0.1) is 0 Å². The molecular weight excluding hydrogens is 224 g/mol. The summed E-state index contributed by atoms with van der Waals surface area (Å²) in [6.07, 6.45) is 0. The molecule has 0 radical (unpaired) electrons. The number of carboxylic acids is 1. The summed E-state index contributed by atoms with van der Waals surface area (Å²) in [5.74, 6) is -0.941. The van der Waals surface area contributed by atoms with Crippen molar-refractivity contribution in [3.8, 4) is 5.75 Å². The Bertz CT molecular complexity index is 309. The number of carbonyl (C=O) groups is 1. The third kappa shape index (κ3) is 1.76. The molecule has 1 aromatic rings. The third-order valence-corrected chi connectivity index (χ3v) is 1.88. The van der Waals surface area contributed by atoms with Gasteiger partial charge in [-0.05, 0) is 18.2 Å². The minimum Gasteiger partial charge on any atom is -0.545 e. The van der Waals surface area contributed by atoms with Gasteiger partial charge in [0, 0.05) is 10.0 Å². The molecule has 0 aliphatic rings. The van der Waals surface area contributed by atoms with Crippen LogP contribution in [0.2, 0.25) is 0 Å². The van der Waals surface area contributed by atoms with Crippen LogP contribution in [0.1, 0.15) is 10.4 Å². The van der Waals surface area contributed by atoms with Crippen molar-refractivity contribution in [3.63, 3.8) is 0 Å². The van der Waals surface area contributed by atoms with Gasteiger partial charge in [-0.25, -0.2) is 0 Å². The fraction of sp³-hybridized carbons (Fsp3) is 0.125. The highest BCUT2D eigenvalue weighted by atomic mass is 79.9. The van der Waals surface area contributed by atoms with Gasteiger partial charge in [-0.3, -0.25) is 0 Å². The Hall–Kier alpha value is -1.03. The van der Waals surface area contributed by atoms with Gasteiger partial charge >= 0.3 is 0 Å². The van der Waals surface area contributed by atoms with E-state index in [0.717, 1.165) is 4.47 Å². The van der Waals surface area contributed by atoms with Crippen molar-refractivity contribution < 1.29 is 14.6 Å². The van der Waals surface area contributed by atoms with Crippen LogP contribution in [0.4, 0.5) is 0 Å². The van der Waals surface area contributed by atoms with Gasteiger partial charge in [0.2, 0.25) is 0 Å². The summed E-state index contributed by atoms with van der Waals surface area (Å²) in [6.45, 7) is 0. The Kier molecular flexibility index (Phi) is 2.70. The van der Waals surface area contributed by atoms with Crippen molar-refractivity contribution >= 4 is 21.9 Å². The normalized spacial score (nSPS) is 9.50. The van der Waals surface area contributed by atoms with Crippen molar-refractivity contribution in [2.24, 2.45) is 0 Å². The molecule has 0 saturated heterocycles. The summed E-state index contributed by atoms with van der Waals surface area (Å²) in [5.41, 5.74) is 0.0562. The van der Waals surface area contributed by atoms with Crippen LogP contribution in [-0.4, -0.2) is 13.1 Å². The van der Waals surface area contributed by atoms with E-state index in [1.54, 1.807) is 12.1 Å². The van der Waals surface area contributed by atoms with E-state index in [9.17, 15) is 9.90 Å². The molecule has 0 N–H and O–H groups in total. The van der Waals surface area contributed by atoms with Crippen molar-refractivity contribution in [1.82, 2.24) is 0 Å². The molecule has 0 atom stereocenters. The maximum absolute atomic E-state index is 10.5. The molecule has 0 fully saturated rings. The van der Waals surface area contributed by atoms with Crippen LogP contribution in [0.5, 0.6) is 5.75 Å². The zero-order chi connectivity index (χ0) is 9.14. The first-order valence-electron chi connectivity index (χ1n) is 3.20. The summed E-state index contributed by atoms with van der Waals surface area (Å²) in [4.78, 5) is 10.5. The largest absolute Gasteiger partial charge is 0.545 e. The molecule has 1 rings (SSSR count). The van der Waals surface area contributed by atoms with Gasteiger partial charge in [-0.1, -0.05) is 15.9 Å². The fourth-order valence-electron chi connectivity index (χ4n) is 0.834. The van der Waals surface area contributed by atoms with E-state index in [-0.39, 0.29) is 5.56 Å². The quantitative estimate of drug-likeness (QED) is 0.755. The first-order valence-corrected chi connectivity index (χ1v) is 3.99. The number of carboxylic acid groups (broad SMARTS) is 1. The Morgan fingerprint density at radius 2 is 2.25 bits per heavy atom. The van der Waals surface area contributed by atoms with E-state index in [1.807, 2.05) is 0 Å². The average Bonchev–Trinajstić information content (AvgIpc) is 2.03. The summed E-state index contributed by atoms with van der Waals surface area (Å²) >= 11 is 3.19. The van der Waals surface area contributed by atoms with Gasteiger partial charge < -0.3 is 14.6 Å². The summed E-state index contributed by atoms with van der Waals surface area (Å²) < 4.78 is 5.60. The molecule has 0 aromatic heterocycles. The highest BCUT2D eigenvalue weighted by molar-refractivity contribution is 9.10. The van der Waals surface area contributed by atoms with Crippen molar-refractivity contribution in [1.29, 1.82) is 0 Å². The Balaban J connectivity index is 3.20. The third-order valence-electron chi connectivity index (χ3n) is 1.38. The topological polar surface area (TPSA) is 49.4 Å². The molecule has 1 aromatic carbocycles. The van der Waals surface area contributed by atoms with Gasteiger partial charge in [0.25, 0.3) is 0 Å². The molecule has 0 heterocycles. The van der Waals surface area contributed by atoms with Gasteiger partial charge in [0.1, 0.15) is 5.75 Å². The molecule has 0 bridgehead atoms. The lowest BCUT2D eigenvalue weighted by Crippen LogP contribution is -2.22. The summed E-state index contributed by atoms with van der Waals surface area (Å²) in [5, 5.41) is 10.5. The number of benzene rings is 1. The molecule has 0 unspecified atom stereocenters. The lowest BCUT2D eigenvalue weighted by molar-refractivity contribution is -0.255. The van der Waals surface area contributed by atoms with Gasteiger partial charge in [0.15, 0.2) is 0 Å². The van der Waals surface area contributed by atoms with Crippen molar-refractivity contribution in [3.05, 3.63) is 28.2 Å². The first-order chi connectivity index (χ1) is 5.65. The highest BCUT2D eigenvalue weighted by Crippen LogP contribution is 2.22. The Morgan fingerprint density at radius 3 is 2.75 bits per heavy atom. The Morgan fingerprint density at radius 1 is 1.58 bits per heavy atom. The molecular formula is C8H6BrO3-. The molecule has 0 saturated carbocycles. The fourth-order valence-corrected chi connectivity index (χ4v) is 1.17. The van der Waals surface area contributed by atoms with E-state index < -0.39 is 5.97 Å². The van der Waals surface area contributed by atoms with Crippen LogP contribution < -0.4 is 9.84 Å². The zero-order valence-corrected chi connectivity index (χ0v) is 7.92. The molecule has 0 spiro atoms. The second-order valence-electron chi connectivity index (χ2n) is 2.13. The lowest BCUT2D eigenvalue weighted by atomic mass is 10.2. The summed E-state index contributed by atoms with van der Waals surface area (Å²) in [7, 11) is 1.41. The zero-order valence-electron chi connectivity index (χ0n) is 6.33. The first kappa shape index (κ1) is 9.06. The van der Waals surface area contributed by atoms with E-state index in [4.69, 9.17) is 4.74 Å². The number of ether oxygens (including phenoxy) is 1. The lowest BCUT2D eigenvalue weighted by Gasteiger charge is -2.08. The molecule has 0 aliphatic heterocycles. The number of hydrogen-bond acceptors (Lipinski definition) is 3. The highest BCUT2D eigenvalue weighted by Gasteiger charge is 2.03. The summed E-state index contributed by atoms with van der Waals surface area (Å²) in [6, 6.07) is 4.62. The van der Waals surface area contributed by atoms with E-state index >= 15 is 0 Å². The van der Waals surface area contributed by atoms with E-state index in [2.05, 4.69) is 15.9 Å². The van der Waals surface area contributed by atoms with Crippen molar-refractivity contribution in [2.45, 2.75) is 0 Å². The number of rotatable bonds is 2. The SMILES string of the molecule is COc1cc(Br)ccc1C(=O)[O-]. The molecule has 12 heavy (non-hydrogen) atoms. The van der Waals surface area contributed by atoms with Gasteiger partial charge in [0.05, 0.1) is 13.1 Å². The average molecular weight is 230 g/mol. The predicted octanol–water partition coefficient (Wildman–Crippen LogP) is 0.821. The van der Waals surface area contributed by atoms with Gasteiger partial charge in [-0.2, -0.15) is 0 Å². The van der Waals surface area contributed by atoms with Crippen LogP contribution in [0.25, 0.3) is 0 Å². The standard InChI is InChI=1S/C8H7BrO3/c1-12-7-4-5(9)2-3-6(7)8(10)11/h2-4H,1H3,(H,10,11)/p-1. The molecule has 0 aliphatic carbocycles. The Labute approximate surface area is 78.1 Å². The second-order valence-corrected chi connectivity index (χ2v) is 3.05. The minimum absolute atomic E-state index is 0.0562. The number of aromatic carboxylic acids is 1. The van der Waals surface area contributed by atoms with E-state index in [0.29, 0.717) is 5.75 Å².